The Labute approximate surface area is 47.3 Å². The van der Waals surface area contributed by atoms with Gasteiger partial charge in [-0.15, -0.1) is 0 Å². The Morgan fingerprint density at radius 3 is 2.25 bits per heavy atom. The molecule has 0 bridgehead atoms. The zero-order valence-corrected chi connectivity index (χ0v) is 4.90. The van der Waals surface area contributed by atoms with Crippen molar-refractivity contribution in [3.8, 4) is 0 Å². The molecular weight excluding hydrogens is 131 g/mol. The molecule has 0 aliphatic heterocycles. The van der Waals surface area contributed by atoms with Crippen LogP contribution in [0.15, 0.2) is 12.0 Å². The minimum absolute atomic E-state index is 0.672. The molecular formula is C3H6O4P+. The molecule has 0 aromatic carbocycles. The second-order valence-corrected chi connectivity index (χ2v) is 1.91. The van der Waals surface area contributed by atoms with Gasteiger partial charge in [0.15, 0.2) is 0 Å². The van der Waals surface area contributed by atoms with E-state index in [1.165, 1.54) is 0 Å². The zero-order valence-electron chi connectivity index (χ0n) is 3.90. The summed E-state index contributed by atoms with van der Waals surface area (Å²) in [4.78, 5) is 0. The van der Waals surface area contributed by atoms with Gasteiger partial charge in [0, 0.05) is 0 Å². The second kappa shape index (κ2) is 3.41. The lowest BCUT2D eigenvalue weighted by Gasteiger charge is -1.83. The van der Waals surface area contributed by atoms with E-state index in [4.69, 9.17) is 15.3 Å². The molecule has 0 aliphatic carbocycles. The summed E-state index contributed by atoms with van der Waals surface area (Å²) in [6, 6.07) is 0. The lowest BCUT2D eigenvalue weighted by Crippen LogP contribution is -1.91. The second-order valence-electron chi connectivity index (χ2n) is 1.09. The highest BCUT2D eigenvalue weighted by atomic mass is 31.1. The van der Waals surface area contributed by atoms with Gasteiger partial charge >= 0.3 is 8.46 Å². The molecule has 8 heavy (non-hydrogen) atoms. The summed E-state index contributed by atoms with van der Waals surface area (Å²) < 4.78 is 9.68. The third-order valence-electron chi connectivity index (χ3n) is 0.428. The van der Waals surface area contributed by atoms with Crippen molar-refractivity contribution in [2.45, 2.75) is 5.85 Å². The van der Waals surface area contributed by atoms with Crippen LogP contribution >= 0.6 is 8.46 Å². The molecule has 0 aromatic heterocycles. The summed E-state index contributed by atoms with van der Waals surface area (Å²) in [6.45, 7) is 0. The van der Waals surface area contributed by atoms with Crippen LogP contribution in [0.4, 0.5) is 0 Å². The highest BCUT2D eigenvalue weighted by Crippen LogP contribution is 2.03. The molecule has 0 radical (unpaired) electrons. The summed E-state index contributed by atoms with van der Waals surface area (Å²) in [7, 11) is -0.966. The van der Waals surface area contributed by atoms with Crippen LogP contribution in [-0.4, -0.2) is 21.2 Å². The Morgan fingerprint density at radius 2 is 2.12 bits per heavy atom. The predicted molar refractivity (Wildman–Crippen MR) is 28.3 cm³/mol. The number of hydrogen-bond donors (Lipinski definition) is 3. The summed E-state index contributed by atoms with van der Waals surface area (Å²) in [5, 5.41) is 24.3. The molecule has 0 saturated heterocycles. The number of aliphatic hydroxyl groups is 3. The van der Waals surface area contributed by atoms with Crippen molar-refractivity contribution in [1.82, 2.24) is 0 Å². The minimum Gasteiger partial charge on any atom is -0.481 e. The average Bonchev–Trinajstić information content (AvgIpc) is 1.65. The van der Waals surface area contributed by atoms with E-state index in [1.807, 2.05) is 0 Å². The lowest BCUT2D eigenvalue weighted by molar-refractivity contribution is 0.180. The van der Waals surface area contributed by atoms with Gasteiger partial charge in [-0.2, -0.15) is 0 Å². The molecule has 2 unspecified atom stereocenters. The van der Waals surface area contributed by atoms with Crippen LogP contribution in [0.25, 0.3) is 0 Å². The largest absolute Gasteiger partial charge is 0.481 e. The van der Waals surface area contributed by atoms with Gasteiger partial charge in [-0.05, 0) is 0 Å². The highest BCUT2D eigenvalue weighted by molar-refractivity contribution is 7.24. The van der Waals surface area contributed by atoms with Crippen LogP contribution in [0, 0.1) is 0 Å². The van der Waals surface area contributed by atoms with Gasteiger partial charge in [-0.25, -0.2) is 0 Å². The highest BCUT2D eigenvalue weighted by Gasteiger charge is 2.06. The number of aliphatic hydroxyl groups excluding tert-OH is 2. The van der Waals surface area contributed by atoms with E-state index < -0.39 is 20.3 Å². The first-order chi connectivity index (χ1) is 3.66. The van der Waals surface area contributed by atoms with E-state index in [-0.39, 0.29) is 0 Å². The monoisotopic (exact) mass is 137 g/mol. The molecule has 5 heteroatoms. The Hall–Kier alpha value is -0.600. The Bertz CT molecular complexity index is 106. The van der Waals surface area contributed by atoms with Gasteiger partial charge < -0.3 is 15.3 Å². The normalized spacial score (nSPS) is 13.1. The average molecular weight is 137 g/mol. The summed E-state index contributed by atoms with van der Waals surface area (Å²) in [5.41, 5.74) is 0. The van der Waals surface area contributed by atoms with Gasteiger partial charge in [0.1, 0.15) is 0 Å². The minimum atomic E-state index is -1.26. The number of rotatable bonds is 2. The van der Waals surface area contributed by atoms with E-state index in [2.05, 4.69) is 0 Å². The topological polar surface area (TPSA) is 77.8 Å². The molecule has 0 saturated carbocycles. The van der Waals surface area contributed by atoms with Crippen LogP contribution in [0.3, 0.4) is 0 Å². The van der Waals surface area contributed by atoms with Gasteiger partial charge in [-0.1, -0.05) is 4.57 Å². The lowest BCUT2D eigenvalue weighted by atomic mass is 10.6. The maximum absolute atomic E-state index is 9.68. The van der Waals surface area contributed by atoms with Crippen LogP contribution < -0.4 is 0 Å². The van der Waals surface area contributed by atoms with Crippen LogP contribution in [0.1, 0.15) is 0 Å². The first-order valence-corrected chi connectivity index (χ1v) is 2.81. The van der Waals surface area contributed by atoms with Crippen LogP contribution in [0.2, 0.25) is 0 Å². The van der Waals surface area contributed by atoms with Crippen LogP contribution in [0.5, 0.6) is 0 Å². The van der Waals surface area contributed by atoms with E-state index >= 15 is 0 Å². The fourth-order valence-electron chi connectivity index (χ4n) is 0.175. The van der Waals surface area contributed by atoms with Gasteiger partial charge in [0.2, 0.25) is 0 Å². The summed E-state index contributed by atoms with van der Waals surface area (Å²) in [5.74, 6) is -2.28. The first-order valence-electron chi connectivity index (χ1n) is 1.82. The van der Waals surface area contributed by atoms with Crippen molar-refractivity contribution in [1.29, 1.82) is 0 Å². The number of hydrogen-bond acceptors (Lipinski definition) is 4. The maximum Gasteiger partial charge on any atom is 0.361 e. The maximum atomic E-state index is 9.68. The van der Waals surface area contributed by atoms with Crippen molar-refractivity contribution in [2.24, 2.45) is 0 Å². The fraction of sp³-hybridized carbons (Fsp3) is 0.333. The van der Waals surface area contributed by atoms with Crippen molar-refractivity contribution in [3.63, 3.8) is 0 Å². The van der Waals surface area contributed by atoms with Gasteiger partial charge in [0.05, 0.1) is 6.08 Å². The van der Waals surface area contributed by atoms with Crippen molar-refractivity contribution < 1.29 is 19.9 Å². The first kappa shape index (κ1) is 7.40. The smallest absolute Gasteiger partial charge is 0.361 e. The van der Waals surface area contributed by atoms with Crippen molar-refractivity contribution in [2.75, 3.05) is 0 Å². The molecule has 0 spiro atoms. The summed E-state index contributed by atoms with van der Waals surface area (Å²) in [6.07, 6.45) is 0.672. The van der Waals surface area contributed by atoms with E-state index in [0.29, 0.717) is 6.08 Å². The molecule has 0 aromatic rings. The Morgan fingerprint density at radius 1 is 1.62 bits per heavy atom. The summed E-state index contributed by atoms with van der Waals surface area (Å²) >= 11 is 0. The fourth-order valence-corrected chi connectivity index (χ4v) is 0.392. The van der Waals surface area contributed by atoms with Crippen molar-refractivity contribution >= 4 is 8.46 Å². The van der Waals surface area contributed by atoms with Gasteiger partial charge in [0.25, 0.3) is 11.8 Å². The van der Waals surface area contributed by atoms with Crippen LogP contribution in [-0.2, 0) is 4.57 Å². The van der Waals surface area contributed by atoms with Crippen molar-refractivity contribution in [3.05, 3.63) is 12.0 Å². The standard InChI is InChI=1S/C3H5O4P/c4-2(5)1-3(6)8-7/h1,3-6H/p+1. The SMILES string of the molecule is O=[PH+]C(O)C=C(O)O. The Balaban J connectivity index is 3.68. The van der Waals surface area contributed by atoms with E-state index in [0.717, 1.165) is 0 Å². The third-order valence-corrected chi connectivity index (χ3v) is 0.836. The molecule has 2 atom stereocenters. The zero-order chi connectivity index (χ0) is 6.57. The quantitative estimate of drug-likeness (QED) is 0.377. The molecule has 0 fully saturated rings. The third kappa shape index (κ3) is 3.59. The Kier molecular flexibility index (Phi) is 3.15. The predicted octanol–water partition coefficient (Wildman–Crippen LogP) is 0.286. The molecule has 0 amide bonds. The molecule has 0 rings (SSSR count). The molecule has 4 nitrogen and oxygen atoms in total. The van der Waals surface area contributed by atoms with E-state index in [1.54, 1.807) is 0 Å². The molecule has 0 aliphatic rings. The molecule has 46 valence electrons. The van der Waals surface area contributed by atoms with E-state index in [9.17, 15) is 4.57 Å². The van der Waals surface area contributed by atoms with Gasteiger partial charge in [-0.3, -0.25) is 0 Å². The molecule has 3 N–H and O–H groups in total. The molecule has 0 heterocycles.